The van der Waals surface area contributed by atoms with Crippen LogP contribution in [0.1, 0.15) is 40.9 Å². The van der Waals surface area contributed by atoms with Gasteiger partial charge in [0.1, 0.15) is 0 Å². The summed E-state index contributed by atoms with van der Waals surface area (Å²) in [6.07, 6.45) is 1.99. The van der Waals surface area contributed by atoms with Crippen molar-refractivity contribution in [3.63, 3.8) is 0 Å². The summed E-state index contributed by atoms with van der Waals surface area (Å²) < 4.78 is 0. The van der Waals surface area contributed by atoms with Crippen LogP contribution in [0.15, 0.2) is 42.5 Å². The second-order valence-corrected chi connectivity index (χ2v) is 5.01. The SMILES string of the molecule is CCc1cccc(CC)c1NCc1ccc(C(=O)O)cc1. The van der Waals surface area contributed by atoms with Crippen LogP contribution in [0.25, 0.3) is 0 Å². The van der Waals surface area contributed by atoms with E-state index in [0.717, 1.165) is 18.4 Å². The van der Waals surface area contributed by atoms with Gasteiger partial charge in [0.15, 0.2) is 0 Å². The predicted octanol–water partition coefficient (Wildman–Crippen LogP) is 4.12. The third-order valence-corrected chi connectivity index (χ3v) is 3.67. The highest BCUT2D eigenvalue weighted by Gasteiger charge is 2.06. The number of aromatic carboxylic acids is 1. The molecular weight excluding hydrogens is 262 g/mol. The molecule has 0 bridgehead atoms. The van der Waals surface area contributed by atoms with E-state index < -0.39 is 5.97 Å². The first-order valence-corrected chi connectivity index (χ1v) is 7.32. The molecule has 0 heterocycles. The van der Waals surface area contributed by atoms with Crippen molar-refractivity contribution < 1.29 is 9.90 Å². The van der Waals surface area contributed by atoms with Crippen LogP contribution in [-0.2, 0) is 19.4 Å². The number of nitrogens with one attached hydrogen (secondary N) is 1. The Labute approximate surface area is 125 Å². The van der Waals surface area contributed by atoms with Crippen LogP contribution in [-0.4, -0.2) is 11.1 Å². The van der Waals surface area contributed by atoms with Crippen molar-refractivity contribution in [1.29, 1.82) is 0 Å². The maximum atomic E-state index is 10.8. The number of para-hydroxylation sites is 1. The molecule has 0 aliphatic rings. The van der Waals surface area contributed by atoms with Gasteiger partial charge in [-0.1, -0.05) is 44.2 Å². The van der Waals surface area contributed by atoms with Crippen LogP contribution in [0, 0.1) is 0 Å². The first-order valence-electron chi connectivity index (χ1n) is 7.32. The fourth-order valence-electron chi connectivity index (χ4n) is 2.43. The minimum atomic E-state index is -0.890. The molecule has 0 aromatic heterocycles. The van der Waals surface area contributed by atoms with Gasteiger partial charge in [-0.3, -0.25) is 0 Å². The van der Waals surface area contributed by atoms with Crippen molar-refractivity contribution in [3.05, 3.63) is 64.7 Å². The van der Waals surface area contributed by atoms with Gasteiger partial charge in [0, 0.05) is 12.2 Å². The first-order chi connectivity index (χ1) is 10.2. The van der Waals surface area contributed by atoms with Gasteiger partial charge in [-0.15, -0.1) is 0 Å². The molecule has 0 radical (unpaired) electrons. The molecule has 3 nitrogen and oxygen atoms in total. The molecule has 0 spiro atoms. The fourth-order valence-corrected chi connectivity index (χ4v) is 2.43. The summed E-state index contributed by atoms with van der Waals surface area (Å²) in [5.41, 5.74) is 5.24. The van der Waals surface area contributed by atoms with Gasteiger partial charge < -0.3 is 10.4 Å². The number of carbonyl (C=O) groups is 1. The number of carboxylic acid groups (broad SMARTS) is 1. The van der Waals surface area contributed by atoms with E-state index in [-0.39, 0.29) is 0 Å². The van der Waals surface area contributed by atoms with E-state index in [1.54, 1.807) is 12.1 Å². The molecule has 0 aliphatic heterocycles. The van der Waals surface area contributed by atoms with Crippen molar-refractivity contribution in [2.45, 2.75) is 33.2 Å². The highest BCUT2D eigenvalue weighted by Crippen LogP contribution is 2.23. The Kier molecular flexibility index (Phi) is 4.99. The van der Waals surface area contributed by atoms with Gasteiger partial charge in [-0.2, -0.15) is 0 Å². The minimum absolute atomic E-state index is 0.321. The summed E-state index contributed by atoms with van der Waals surface area (Å²) in [6.45, 7) is 5.01. The molecule has 110 valence electrons. The maximum Gasteiger partial charge on any atom is 0.335 e. The number of rotatable bonds is 6. The average molecular weight is 283 g/mol. The lowest BCUT2D eigenvalue weighted by Crippen LogP contribution is -2.05. The molecule has 2 N–H and O–H groups in total. The fraction of sp³-hybridized carbons (Fsp3) is 0.278. The smallest absolute Gasteiger partial charge is 0.335 e. The minimum Gasteiger partial charge on any atom is -0.478 e. The lowest BCUT2D eigenvalue weighted by atomic mass is 10.0. The third-order valence-electron chi connectivity index (χ3n) is 3.67. The zero-order valence-corrected chi connectivity index (χ0v) is 12.5. The molecule has 0 unspecified atom stereocenters. The highest BCUT2D eigenvalue weighted by molar-refractivity contribution is 5.87. The van der Waals surface area contributed by atoms with E-state index in [4.69, 9.17) is 5.11 Å². The summed E-state index contributed by atoms with van der Waals surface area (Å²) in [5, 5.41) is 12.4. The first kappa shape index (κ1) is 15.1. The van der Waals surface area contributed by atoms with Crippen LogP contribution in [0.5, 0.6) is 0 Å². The number of carboxylic acids is 1. The van der Waals surface area contributed by atoms with Crippen molar-refractivity contribution in [2.75, 3.05) is 5.32 Å². The van der Waals surface area contributed by atoms with Crippen LogP contribution < -0.4 is 5.32 Å². The lowest BCUT2D eigenvalue weighted by Gasteiger charge is -2.15. The molecule has 0 saturated carbocycles. The second kappa shape index (κ2) is 6.93. The molecule has 0 saturated heterocycles. The van der Waals surface area contributed by atoms with Crippen molar-refractivity contribution in [3.8, 4) is 0 Å². The Morgan fingerprint density at radius 1 is 1.00 bits per heavy atom. The van der Waals surface area contributed by atoms with Gasteiger partial charge in [-0.25, -0.2) is 4.79 Å². The van der Waals surface area contributed by atoms with Crippen molar-refractivity contribution in [1.82, 2.24) is 0 Å². The summed E-state index contributed by atoms with van der Waals surface area (Å²) in [6, 6.07) is 13.4. The number of benzene rings is 2. The van der Waals surface area contributed by atoms with Gasteiger partial charge in [-0.05, 0) is 41.7 Å². The van der Waals surface area contributed by atoms with Crippen LogP contribution in [0.3, 0.4) is 0 Å². The standard InChI is InChI=1S/C18H21NO2/c1-3-14-6-5-7-15(4-2)17(14)19-12-13-8-10-16(11-9-13)18(20)21/h5-11,19H,3-4,12H2,1-2H3,(H,20,21). The number of hydrogen-bond acceptors (Lipinski definition) is 2. The molecule has 0 aliphatic carbocycles. The monoisotopic (exact) mass is 283 g/mol. The van der Waals surface area contributed by atoms with Gasteiger partial charge in [0.05, 0.1) is 5.56 Å². The van der Waals surface area contributed by atoms with Crippen LogP contribution in [0.4, 0.5) is 5.69 Å². The molecular formula is C18H21NO2. The highest BCUT2D eigenvalue weighted by atomic mass is 16.4. The second-order valence-electron chi connectivity index (χ2n) is 5.01. The summed E-state index contributed by atoms with van der Waals surface area (Å²) in [5.74, 6) is -0.890. The van der Waals surface area contributed by atoms with Crippen LogP contribution >= 0.6 is 0 Å². The van der Waals surface area contributed by atoms with Gasteiger partial charge >= 0.3 is 5.97 Å². The van der Waals surface area contributed by atoms with E-state index in [9.17, 15) is 4.79 Å². The van der Waals surface area contributed by atoms with E-state index >= 15 is 0 Å². The third kappa shape index (κ3) is 3.63. The molecule has 0 amide bonds. The molecule has 2 aromatic rings. The normalized spacial score (nSPS) is 10.4. The lowest BCUT2D eigenvalue weighted by molar-refractivity contribution is 0.0697. The molecule has 3 heteroatoms. The van der Waals surface area contributed by atoms with E-state index in [1.165, 1.54) is 16.8 Å². The summed E-state index contributed by atoms with van der Waals surface area (Å²) in [7, 11) is 0. The Bertz CT molecular complexity index is 595. The van der Waals surface area contributed by atoms with Gasteiger partial charge in [0.25, 0.3) is 0 Å². The number of hydrogen-bond donors (Lipinski definition) is 2. The summed E-state index contributed by atoms with van der Waals surface area (Å²) in [4.78, 5) is 10.8. The van der Waals surface area contributed by atoms with Crippen molar-refractivity contribution >= 4 is 11.7 Å². The Balaban J connectivity index is 2.14. The predicted molar refractivity (Wildman–Crippen MR) is 85.9 cm³/mol. The Morgan fingerprint density at radius 2 is 1.57 bits per heavy atom. The zero-order valence-electron chi connectivity index (χ0n) is 12.5. The Morgan fingerprint density at radius 3 is 2.05 bits per heavy atom. The van der Waals surface area contributed by atoms with Crippen LogP contribution in [0.2, 0.25) is 0 Å². The molecule has 2 aromatic carbocycles. The van der Waals surface area contributed by atoms with E-state index in [0.29, 0.717) is 12.1 Å². The molecule has 0 fully saturated rings. The Hall–Kier alpha value is -2.29. The van der Waals surface area contributed by atoms with Gasteiger partial charge in [0.2, 0.25) is 0 Å². The number of anilines is 1. The largest absolute Gasteiger partial charge is 0.478 e. The quantitative estimate of drug-likeness (QED) is 0.838. The molecule has 0 atom stereocenters. The maximum absolute atomic E-state index is 10.8. The average Bonchev–Trinajstić information content (AvgIpc) is 2.52. The molecule has 2 rings (SSSR count). The van der Waals surface area contributed by atoms with E-state index in [1.807, 2.05) is 12.1 Å². The number of aryl methyl sites for hydroxylation is 2. The van der Waals surface area contributed by atoms with Crippen molar-refractivity contribution in [2.24, 2.45) is 0 Å². The van der Waals surface area contributed by atoms with E-state index in [2.05, 4.69) is 37.4 Å². The summed E-state index contributed by atoms with van der Waals surface area (Å²) >= 11 is 0. The zero-order chi connectivity index (χ0) is 15.2. The molecule has 21 heavy (non-hydrogen) atoms. The topological polar surface area (TPSA) is 49.3 Å².